The highest BCUT2D eigenvalue weighted by Crippen LogP contribution is 2.31. The SMILES string of the molecule is NS(=O)(=O)c1ccc(N2CCN(Cc3ccncc3)CC2)c([N+](=O)[O-])c1. The number of pyridine rings is 1. The molecule has 9 nitrogen and oxygen atoms in total. The van der Waals surface area contributed by atoms with Crippen LogP contribution in [0.15, 0.2) is 47.6 Å². The second-order valence-electron chi connectivity index (χ2n) is 6.07. The first kappa shape index (κ1) is 18.2. The average molecular weight is 377 g/mol. The van der Waals surface area contributed by atoms with Crippen molar-refractivity contribution in [3.8, 4) is 0 Å². The quantitative estimate of drug-likeness (QED) is 0.608. The Morgan fingerprint density at radius 2 is 1.77 bits per heavy atom. The maximum atomic E-state index is 11.4. The van der Waals surface area contributed by atoms with Gasteiger partial charge in [-0.2, -0.15) is 0 Å². The molecule has 10 heteroatoms. The normalized spacial score (nSPS) is 15.8. The number of aromatic nitrogens is 1. The number of benzene rings is 1. The van der Waals surface area contributed by atoms with Crippen LogP contribution < -0.4 is 10.0 Å². The van der Waals surface area contributed by atoms with E-state index in [1.165, 1.54) is 12.1 Å². The minimum Gasteiger partial charge on any atom is -0.363 e. The number of nitrogens with zero attached hydrogens (tertiary/aromatic N) is 4. The van der Waals surface area contributed by atoms with Crippen molar-refractivity contribution in [3.05, 3.63) is 58.4 Å². The Balaban J connectivity index is 1.74. The molecule has 0 spiro atoms. The van der Waals surface area contributed by atoms with Crippen molar-refractivity contribution >= 4 is 21.4 Å². The number of hydrogen-bond acceptors (Lipinski definition) is 7. The van der Waals surface area contributed by atoms with E-state index in [1.54, 1.807) is 12.4 Å². The second kappa shape index (κ2) is 7.36. The molecule has 1 aromatic heterocycles. The molecule has 2 heterocycles. The molecule has 0 amide bonds. The summed E-state index contributed by atoms with van der Waals surface area (Å²) in [5, 5.41) is 16.4. The second-order valence-corrected chi connectivity index (χ2v) is 7.63. The molecule has 0 unspecified atom stereocenters. The van der Waals surface area contributed by atoms with Gasteiger partial charge in [0, 0.05) is 51.2 Å². The number of primary sulfonamides is 1. The number of anilines is 1. The third kappa shape index (κ3) is 4.15. The van der Waals surface area contributed by atoms with Crippen molar-refractivity contribution in [2.75, 3.05) is 31.1 Å². The van der Waals surface area contributed by atoms with E-state index in [0.717, 1.165) is 31.3 Å². The fourth-order valence-electron chi connectivity index (χ4n) is 2.99. The molecule has 2 N–H and O–H groups in total. The summed E-state index contributed by atoms with van der Waals surface area (Å²) in [5.74, 6) is 0. The molecule has 0 radical (unpaired) electrons. The average Bonchev–Trinajstić information content (AvgIpc) is 2.62. The lowest BCUT2D eigenvalue weighted by Crippen LogP contribution is -2.46. The predicted molar refractivity (Wildman–Crippen MR) is 96.2 cm³/mol. The van der Waals surface area contributed by atoms with Crippen LogP contribution in [0.2, 0.25) is 0 Å². The van der Waals surface area contributed by atoms with E-state index in [0.29, 0.717) is 18.8 Å². The number of sulfonamides is 1. The summed E-state index contributed by atoms with van der Waals surface area (Å²) in [5.41, 5.74) is 1.32. The molecule has 1 aromatic carbocycles. The van der Waals surface area contributed by atoms with Gasteiger partial charge in [-0.05, 0) is 29.8 Å². The Hall–Kier alpha value is -2.56. The Bertz CT molecular complexity index is 896. The van der Waals surface area contributed by atoms with E-state index in [2.05, 4.69) is 9.88 Å². The molecule has 0 bridgehead atoms. The molecule has 26 heavy (non-hydrogen) atoms. The minimum atomic E-state index is -3.99. The highest BCUT2D eigenvalue weighted by atomic mass is 32.2. The molecule has 3 rings (SSSR count). The van der Waals surface area contributed by atoms with Crippen molar-refractivity contribution in [1.29, 1.82) is 0 Å². The maximum absolute atomic E-state index is 11.4. The molecule has 1 aliphatic rings. The fourth-order valence-corrected chi connectivity index (χ4v) is 3.52. The number of nitro benzene ring substituents is 1. The fraction of sp³-hybridized carbons (Fsp3) is 0.312. The van der Waals surface area contributed by atoms with Gasteiger partial charge in [-0.3, -0.25) is 20.0 Å². The molecular formula is C16H19N5O4S. The van der Waals surface area contributed by atoms with Gasteiger partial charge in [-0.1, -0.05) is 0 Å². The molecule has 0 saturated carbocycles. The zero-order valence-electron chi connectivity index (χ0n) is 14.0. The van der Waals surface area contributed by atoms with Crippen molar-refractivity contribution < 1.29 is 13.3 Å². The van der Waals surface area contributed by atoms with E-state index in [1.807, 2.05) is 17.0 Å². The van der Waals surface area contributed by atoms with Gasteiger partial charge in [0.15, 0.2) is 0 Å². The van der Waals surface area contributed by atoms with E-state index in [4.69, 9.17) is 5.14 Å². The zero-order chi connectivity index (χ0) is 18.7. The topological polar surface area (TPSA) is 123 Å². The standard InChI is InChI=1S/C16H19N5O4S/c17-26(24,25)14-1-2-15(16(11-14)21(22)23)20-9-7-19(8-10-20)12-13-3-5-18-6-4-13/h1-6,11H,7-10,12H2,(H2,17,24,25). The van der Waals surface area contributed by atoms with Crippen LogP contribution in [-0.2, 0) is 16.6 Å². The Kier molecular flexibility index (Phi) is 5.16. The van der Waals surface area contributed by atoms with Gasteiger partial charge in [-0.25, -0.2) is 13.6 Å². The number of rotatable bonds is 5. The van der Waals surface area contributed by atoms with Gasteiger partial charge in [-0.15, -0.1) is 0 Å². The number of nitrogens with two attached hydrogens (primary N) is 1. The molecule has 1 fully saturated rings. The number of piperazine rings is 1. The summed E-state index contributed by atoms with van der Waals surface area (Å²) < 4.78 is 22.9. The molecular weight excluding hydrogens is 358 g/mol. The van der Waals surface area contributed by atoms with Gasteiger partial charge in [0.05, 0.1) is 9.82 Å². The molecule has 2 aromatic rings. The van der Waals surface area contributed by atoms with Gasteiger partial charge >= 0.3 is 0 Å². The molecule has 138 valence electrons. The van der Waals surface area contributed by atoms with Crippen molar-refractivity contribution in [3.63, 3.8) is 0 Å². The Morgan fingerprint density at radius 3 is 2.35 bits per heavy atom. The van der Waals surface area contributed by atoms with E-state index in [9.17, 15) is 18.5 Å². The van der Waals surface area contributed by atoms with Crippen molar-refractivity contribution in [1.82, 2.24) is 9.88 Å². The third-order valence-corrected chi connectivity index (χ3v) is 5.25. The van der Waals surface area contributed by atoms with Crippen LogP contribution in [0.4, 0.5) is 11.4 Å². The van der Waals surface area contributed by atoms with Crippen LogP contribution in [0, 0.1) is 10.1 Å². The van der Waals surface area contributed by atoms with Crippen LogP contribution in [0.25, 0.3) is 0 Å². The Morgan fingerprint density at radius 1 is 1.12 bits per heavy atom. The number of nitro groups is 1. The summed E-state index contributed by atoms with van der Waals surface area (Å²) in [4.78, 5) is 18.7. The van der Waals surface area contributed by atoms with Crippen LogP contribution in [-0.4, -0.2) is 49.4 Å². The van der Waals surface area contributed by atoms with Gasteiger partial charge in [0.25, 0.3) is 5.69 Å². The maximum Gasteiger partial charge on any atom is 0.293 e. The first-order chi connectivity index (χ1) is 12.3. The highest BCUT2D eigenvalue weighted by Gasteiger charge is 2.25. The van der Waals surface area contributed by atoms with Crippen molar-refractivity contribution in [2.45, 2.75) is 11.4 Å². The van der Waals surface area contributed by atoms with E-state index >= 15 is 0 Å². The molecule has 0 aliphatic carbocycles. The highest BCUT2D eigenvalue weighted by molar-refractivity contribution is 7.89. The summed E-state index contributed by atoms with van der Waals surface area (Å²) in [6.45, 7) is 3.51. The van der Waals surface area contributed by atoms with Crippen molar-refractivity contribution in [2.24, 2.45) is 5.14 Å². The zero-order valence-corrected chi connectivity index (χ0v) is 14.8. The molecule has 1 aliphatic heterocycles. The van der Waals surface area contributed by atoms with Crippen LogP contribution >= 0.6 is 0 Å². The predicted octanol–water partition coefficient (Wildman–Crippen LogP) is 0.959. The molecule has 0 atom stereocenters. The third-order valence-electron chi connectivity index (χ3n) is 4.34. The first-order valence-corrected chi connectivity index (χ1v) is 9.56. The first-order valence-electron chi connectivity index (χ1n) is 8.02. The lowest BCUT2D eigenvalue weighted by atomic mass is 10.2. The minimum absolute atomic E-state index is 0.251. The monoisotopic (exact) mass is 377 g/mol. The lowest BCUT2D eigenvalue weighted by molar-refractivity contribution is -0.384. The van der Waals surface area contributed by atoms with Crippen LogP contribution in [0.3, 0.4) is 0 Å². The van der Waals surface area contributed by atoms with Gasteiger partial charge in [0.2, 0.25) is 10.0 Å². The summed E-state index contributed by atoms with van der Waals surface area (Å²) in [6, 6.07) is 7.71. The molecule has 1 saturated heterocycles. The van der Waals surface area contributed by atoms with Gasteiger partial charge < -0.3 is 4.90 Å². The summed E-state index contributed by atoms with van der Waals surface area (Å²) >= 11 is 0. The van der Waals surface area contributed by atoms with E-state index < -0.39 is 14.9 Å². The summed E-state index contributed by atoms with van der Waals surface area (Å²) in [7, 11) is -3.99. The van der Waals surface area contributed by atoms with E-state index in [-0.39, 0.29) is 10.6 Å². The Labute approximate surface area is 151 Å². The lowest BCUT2D eigenvalue weighted by Gasteiger charge is -2.35. The number of hydrogen-bond donors (Lipinski definition) is 1. The summed E-state index contributed by atoms with van der Waals surface area (Å²) in [6.07, 6.45) is 3.50. The van der Waals surface area contributed by atoms with Crippen LogP contribution in [0.5, 0.6) is 0 Å². The largest absolute Gasteiger partial charge is 0.363 e. The van der Waals surface area contributed by atoms with Crippen LogP contribution in [0.1, 0.15) is 5.56 Å². The smallest absolute Gasteiger partial charge is 0.293 e. The van der Waals surface area contributed by atoms with Gasteiger partial charge in [0.1, 0.15) is 5.69 Å².